The standard InChI is InChI=1S/C11H12N2O/c1-9-4-2-5-10(8-9)13-7-3-6-11(14)12-13/h2-5,7-8H,6H2,1H3,(H,12,14). The zero-order chi connectivity index (χ0) is 9.97. The summed E-state index contributed by atoms with van der Waals surface area (Å²) in [6.45, 7) is 2.03. The summed E-state index contributed by atoms with van der Waals surface area (Å²) in [6.07, 6.45) is 4.18. The molecule has 1 aliphatic heterocycles. The molecule has 0 bridgehead atoms. The van der Waals surface area contributed by atoms with Crippen molar-refractivity contribution in [1.29, 1.82) is 0 Å². The highest BCUT2D eigenvalue weighted by molar-refractivity contribution is 5.81. The quantitative estimate of drug-likeness (QED) is 0.728. The van der Waals surface area contributed by atoms with Gasteiger partial charge in [0, 0.05) is 12.6 Å². The number of nitrogens with one attached hydrogen (secondary N) is 1. The first-order valence-electron chi connectivity index (χ1n) is 4.58. The third-order valence-electron chi connectivity index (χ3n) is 2.08. The maximum absolute atomic E-state index is 11.1. The van der Waals surface area contributed by atoms with Gasteiger partial charge in [0.15, 0.2) is 0 Å². The van der Waals surface area contributed by atoms with Gasteiger partial charge in [0.05, 0.1) is 5.69 Å². The average molecular weight is 188 g/mol. The van der Waals surface area contributed by atoms with Crippen LogP contribution < -0.4 is 10.4 Å². The zero-order valence-electron chi connectivity index (χ0n) is 8.03. The Labute approximate surface area is 83.0 Å². The fourth-order valence-corrected chi connectivity index (χ4v) is 1.41. The molecule has 1 heterocycles. The lowest BCUT2D eigenvalue weighted by Crippen LogP contribution is -2.40. The average Bonchev–Trinajstić information content (AvgIpc) is 2.18. The van der Waals surface area contributed by atoms with Crippen LogP contribution in [0.3, 0.4) is 0 Å². The van der Waals surface area contributed by atoms with E-state index in [4.69, 9.17) is 0 Å². The number of benzene rings is 1. The number of anilines is 1. The summed E-state index contributed by atoms with van der Waals surface area (Å²) in [5.41, 5.74) is 4.92. The minimum atomic E-state index is 0.0222. The van der Waals surface area contributed by atoms with Gasteiger partial charge in [-0.2, -0.15) is 0 Å². The highest BCUT2D eigenvalue weighted by atomic mass is 16.2. The second kappa shape index (κ2) is 3.54. The number of aryl methyl sites for hydroxylation is 1. The minimum absolute atomic E-state index is 0.0222. The lowest BCUT2D eigenvalue weighted by atomic mass is 10.2. The molecule has 72 valence electrons. The summed E-state index contributed by atoms with van der Waals surface area (Å²) in [4.78, 5) is 11.1. The van der Waals surface area contributed by atoms with Crippen LogP contribution in [0, 0.1) is 6.92 Å². The lowest BCUT2D eigenvalue weighted by molar-refractivity contribution is -0.120. The summed E-state index contributed by atoms with van der Waals surface area (Å²) >= 11 is 0. The van der Waals surface area contributed by atoms with Crippen LogP contribution in [0.5, 0.6) is 0 Å². The molecule has 0 aliphatic carbocycles. The van der Waals surface area contributed by atoms with Gasteiger partial charge in [-0.1, -0.05) is 18.2 Å². The molecule has 0 radical (unpaired) electrons. The van der Waals surface area contributed by atoms with Crippen molar-refractivity contribution in [2.24, 2.45) is 0 Å². The molecular formula is C11H12N2O. The SMILES string of the molecule is Cc1cccc(N2C=CCC(=O)N2)c1. The normalized spacial score (nSPS) is 15.5. The Morgan fingerprint density at radius 1 is 1.43 bits per heavy atom. The van der Waals surface area contributed by atoms with Crippen molar-refractivity contribution in [3.8, 4) is 0 Å². The van der Waals surface area contributed by atoms with Crippen LogP contribution in [0.2, 0.25) is 0 Å². The number of carbonyl (C=O) groups excluding carboxylic acids is 1. The van der Waals surface area contributed by atoms with Gasteiger partial charge in [0.2, 0.25) is 5.91 Å². The van der Waals surface area contributed by atoms with Crippen molar-refractivity contribution in [3.63, 3.8) is 0 Å². The van der Waals surface area contributed by atoms with Gasteiger partial charge in [-0.05, 0) is 24.6 Å². The molecule has 1 N–H and O–H groups in total. The molecule has 0 unspecified atom stereocenters. The van der Waals surface area contributed by atoms with Gasteiger partial charge in [-0.15, -0.1) is 0 Å². The molecule has 0 fully saturated rings. The third kappa shape index (κ3) is 1.76. The Balaban J connectivity index is 2.26. The lowest BCUT2D eigenvalue weighted by Gasteiger charge is -2.24. The fraction of sp³-hybridized carbons (Fsp3) is 0.182. The molecule has 14 heavy (non-hydrogen) atoms. The molecule has 1 aromatic rings. The van der Waals surface area contributed by atoms with Gasteiger partial charge in [-0.3, -0.25) is 15.2 Å². The van der Waals surface area contributed by atoms with Crippen LogP contribution in [-0.4, -0.2) is 5.91 Å². The van der Waals surface area contributed by atoms with E-state index >= 15 is 0 Å². The Hall–Kier alpha value is -1.77. The summed E-state index contributed by atoms with van der Waals surface area (Å²) in [5, 5.41) is 1.73. The van der Waals surface area contributed by atoms with Gasteiger partial charge >= 0.3 is 0 Å². The smallest absolute Gasteiger partial charge is 0.242 e. The number of hydrogen-bond acceptors (Lipinski definition) is 2. The van der Waals surface area contributed by atoms with E-state index in [0.29, 0.717) is 6.42 Å². The molecule has 1 amide bonds. The molecule has 3 heteroatoms. The number of hydrogen-bond donors (Lipinski definition) is 1. The van der Waals surface area contributed by atoms with Crippen molar-refractivity contribution in [2.75, 3.05) is 5.01 Å². The van der Waals surface area contributed by atoms with Crippen molar-refractivity contribution < 1.29 is 4.79 Å². The Kier molecular flexibility index (Phi) is 2.23. The minimum Gasteiger partial charge on any atom is -0.273 e. The first kappa shape index (κ1) is 8.81. The van der Waals surface area contributed by atoms with Crippen LogP contribution in [0.4, 0.5) is 5.69 Å². The Bertz CT molecular complexity index is 385. The number of hydrazine groups is 1. The Morgan fingerprint density at radius 3 is 3.00 bits per heavy atom. The summed E-state index contributed by atoms with van der Waals surface area (Å²) in [5.74, 6) is 0.0222. The molecule has 2 rings (SSSR count). The van der Waals surface area contributed by atoms with Crippen LogP contribution in [0.25, 0.3) is 0 Å². The predicted octanol–water partition coefficient (Wildman–Crippen LogP) is 1.75. The predicted molar refractivity (Wildman–Crippen MR) is 55.6 cm³/mol. The monoisotopic (exact) mass is 188 g/mol. The molecular weight excluding hydrogens is 176 g/mol. The summed E-state index contributed by atoms with van der Waals surface area (Å²) < 4.78 is 0. The number of rotatable bonds is 1. The van der Waals surface area contributed by atoms with Crippen LogP contribution in [0.1, 0.15) is 12.0 Å². The van der Waals surface area contributed by atoms with Crippen molar-refractivity contribution >= 4 is 11.6 Å². The molecule has 1 aliphatic rings. The van der Waals surface area contributed by atoms with Gasteiger partial charge in [0.1, 0.15) is 0 Å². The van der Waals surface area contributed by atoms with Crippen LogP contribution in [0.15, 0.2) is 36.5 Å². The molecule has 0 saturated heterocycles. The number of nitrogens with zero attached hydrogens (tertiary/aromatic N) is 1. The van der Waals surface area contributed by atoms with Gasteiger partial charge in [0.25, 0.3) is 0 Å². The molecule has 0 atom stereocenters. The summed E-state index contributed by atoms with van der Waals surface area (Å²) in [6, 6.07) is 7.98. The fourth-order valence-electron chi connectivity index (χ4n) is 1.41. The topological polar surface area (TPSA) is 32.3 Å². The van der Waals surface area contributed by atoms with E-state index in [9.17, 15) is 4.79 Å². The van der Waals surface area contributed by atoms with E-state index in [1.807, 2.05) is 43.5 Å². The molecule has 0 spiro atoms. The third-order valence-corrected chi connectivity index (χ3v) is 2.08. The first-order chi connectivity index (χ1) is 6.75. The molecule has 0 saturated carbocycles. The molecule has 1 aromatic carbocycles. The van der Waals surface area contributed by atoms with Crippen molar-refractivity contribution in [3.05, 3.63) is 42.1 Å². The van der Waals surface area contributed by atoms with E-state index < -0.39 is 0 Å². The van der Waals surface area contributed by atoms with Gasteiger partial charge < -0.3 is 0 Å². The highest BCUT2D eigenvalue weighted by Crippen LogP contribution is 2.15. The maximum atomic E-state index is 11.1. The van der Waals surface area contributed by atoms with Crippen LogP contribution in [-0.2, 0) is 4.79 Å². The van der Waals surface area contributed by atoms with Crippen LogP contribution >= 0.6 is 0 Å². The largest absolute Gasteiger partial charge is 0.273 e. The molecule has 0 aromatic heterocycles. The maximum Gasteiger partial charge on any atom is 0.242 e. The Morgan fingerprint density at radius 2 is 2.29 bits per heavy atom. The van der Waals surface area contributed by atoms with Crippen molar-refractivity contribution in [1.82, 2.24) is 5.43 Å². The second-order valence-electron chi connectivity index (χ2n) is 3.33. The second-order valence-corrected chi connectivity index (χ2v) is 3.33. The van der Waals surface area contributed by atoms with E-state index in [2.05, 4.69) is 5.43 Å². The number of amides is 1. The summed E-state index contributed by atoms with van der Waals surface area (Å²) in [7, 11) is 0. The van der Waals surface area contributed by atoms with E-state index in [1.54, 1.807) is 5.01 Å². The van der Waals surface area contributed by atoms with Gasteiger partial charge in [-0.25, -0.2) is 0 Å². The highest BCUT2D eigenvalue weighted by Gasteiger charge is 2.10. The zero-order valence-corrected chi connectivity index (χ0v) is 8.03. The first-order valence-corrected chi connectivity index (χ1v) is 4.58. The number of carbonyl (C=O) groups is 1. The van der Waals surface area contributed by atoms with Crippen molar-refractivity contribution in [2.45, 2.75) is 13.3 Å². The van der Waals surface area contributed by atoms with E-state index in [-0.39, 0.29) is 5.91 Å². The van der Waals surface area contributed by atoms with E-state index in [0.717, 1.165) is 5.69 Å². The van der Waals surface area contributed by atoms with E-state index in [1.165, 1.54) is 5.56 Å². The molecule has 3 nitrogen and oxygen atoms in total.